The zero-order valence-corrected chi connectivity index (χ0v) is 96.7. The van der Waals surface area contributed by atoms with Crippen molar-refractivity contribution in [3.63, 3.8) is 0 Å². The summed E-state index contributed by atoms with van der Waals surface area (Å²) in [6.45, 7) is 18.3. The van der Waals surface area contributed by atoms with Crippen LogP contribution in [-0.2, 0) is 83.9 Å². The van der Waals surface area contributed by atoms with Crippen LogP contribution in [0.4, 0.5) is 52.7 Å². The van der Waals surface area contributed by atoms with Gasteiger partial charge in [-0.1, -0.05) is 31.9 Å². The summed E-state index contributed by atoms with van der Waals surface area (Å²) in [5.41, 5.74) is 8.73. The molecule has 26 nitrogen and oxygen atoms in total. The number of thiol groups is 1. The molecule has 0 bridgehead atoms. The van der Waals surface area contributed by atoms with E-state index in [2.05, 4.69) is 94.9 Å². The minimum absolute atomic E-state index is 0. The first kappa shape index (κ1) is 128. The van der Waals surface area contributed by atoms with Gasteiger partial charge in [-0.25, -0.2) is 9.59 Å². The van der Waals surface area contributed by atoms with Gasteiger partial charge in [0, 0.05) is 67.9 Å². The van der Waals surface area contributed by atoms with Crippen LogP contribution < -0.4 is 201 Å². The number of aryl methyl sites for hydroxylation is 12. The van der Waals surface area contributed by atoms with Gasteiger partial charge in [0.25, 0.3) is 6.47 Å². The van der Waals surface area contributed by atoms with Gasteiger partial charge in [0.05, 0.1) is 104 Å². The number of halogens is 14. The number of phenols is 2. The number of ether oxygens (including phenoxy) is 4. The van der Waals surface area contributed by atoms with Crippen LogP contribution in [0.15, 0.2) is 189 Å². The van der Waals surface area contributed by atoms with Crippen LogP contribution in [0, 0.1) is 55.4 Å². The van der Waals surface area contributed by atoms with Gasteiger partial charge in [0.1, 0.15) is 28.3 Å². The molecule has 0 amide bonds. The number of hydrogen-bond acceptors (Lipinski definition) is 25. The van der Waals surface area contributed by atoms with Crippen LogP contribution in [0.2, 0.25) is 0 Å². The summed E-state index contributed by atoms with van der Waals surface area (Å²) in [6, 6.07) is 40.9. The number of rotatable bonds is 28. The van der Waals surface area contributed by atoms with E-state index in [0.717, 1.165) is 159 Å². The summed E-state index contributed by atoms with van der Waals surface area (Å²) in [7, 11) is 0. The van der Waals surface area contributed by atoms with Crippen LogP contribution in [0.1, 0.15) is 107 Å². The summed E-state index contributed by atoms with van der Waals surface area (Å²) in [6.07, 6.45) is -14.8. The summed E-state index contributed by atoms with van der Waals surface area (Å²) >= 11 is 15.2. The predicted molar refractivity (Wildman–Crippen MR) is 477 cm³/mol. The minimum atomic E-state index is -4.38. The van der Waals surface area contributed by atoms with E-state index in [0.29, 0.717) is 83.5 Å². The number of hydrogen-bond donors (Lipinski definition) is 4. The first-order valence-corrected chi connectivity index (χ1v) is 44.5. The number of aliphatic carboxylic acids is 1. The van der Waals surface area contributed by atoms with Crippen molar-refractivity contribution in [3.8, 4) is 45.7 Å². The molecule has 135 heavy (non-hydrogen) atoms. The van der Waals surface area contributed by atoms with Crippen molar-refractivity contribution in [2.75, 3.05) is 54.3 Å². The molecule has 0 atom stereocenters. The third-order valence-electron chi connectivity index (χ3n) is 17.5. The summed E-state index contributed by atoms with van der Waals surface area (Å²) in [4.78, 5) is 52.8. The van der Waals surface area contributed by atoms with E-state index < -0.39 is 58.9 Å². The molecule has 0 fully saturated rings. The number of benzene rings is 8. The topological polar surface area (TPSA) is 351 Å². The first-order valence-electron chi connectivity index (χ1n) is 38.8. The van der Waals surface area contributed by atoms with Crippen LogP contribution in [0.5, 0.6) is 23.0 Å². The van der Waals surface area contributed by atoms with E-state index in [1.807, 2.05) is 104 Å². The fourth-order valence-corrected chi connectivity index (χ4v) is 14.5. The van der Waals surface area contributed by atoms with Gasteiger partial charge in [-0.3, -0.25) is 9.59 Å². The van der Waals surface area contributed by atoms with Crippen LogP contribution >= 0.6 is 79.8 Å². The second-order valence-electron chi connectivity index (χ2n) is 27.2. The van der Waals surface area contributed by atoms with E-state index in [1.165, 1.54) is 67.7 Å². The Hall–Kier alpha value is -5.46. The zero-order valence-electron chi connectivity index (χ0n) is 77.6. The average molecular weight is 2340 g/mol. The molecule has 48 heteroatoms. The molecule has 0 saturated carbocycles. The normalized spacial score (nSPS) is 10.7. The standard InChI is InChI=1S/C23H24F3N3O3S.C21H20F3N3O3S.C19H18F3N3OS.C12H11BrF3N3.C7H8OS.C4H7BrO2.CH2O3.2Cs.Li.Na.H2O.2H/c1-4-31-22(30)14-32-21-10-9-19(13-15(21)2)33-12-11-20-16(3)27-29(28-20)18-7-5-17(6-8-18)23(24,25)26;1-13-11-17(7-8-19(13)30-12-20(28)29)31-10-9-18-14(2)25-27(26-18)16-5-3-15(4-6-16)21(22,23)24;1-12-11-16(7-8-18(12)26)27-10-9-17-13(2)23-25(24-17)15-5-3-14(4-6-15)19(20,21)22;1-8-11(6-7-13)18-19(17-8)10-4-2-9(3-5-10)12(14,15)16;1-5-4-6(9)2-3-7(5)8;1-2-7-4(6)3-5;2-1-4-3;;;;;;;/h5-10,13H,4,11-12,14H2,1-3H3;3-8,11H,9-10,12H2,1-2H3,(H,28,29);3-8,11,26H,9-10H2,1-2H3;2-5H,6-7H2,1H3;2-4,8-9H,1H3;2-3H2,1H3;1,3H;;;;;1H2;;/q;;;;;;;4*+1;;2*-1/p-2. The Labute approximate surface area is 960 Å². The molecule has 0 unspecified atom stereocenters. The molecule has 12 aromatic rings. The Morgan fingerprint density at radius 2 is 0.711 bits per heavy atom. The maximum absolute atomic E-state index is 12.7. The number of aromatic hydroxyl groups is 2. The van der Waals surface area contributed by atoms with Crippen molar-refractivity contribution in [1.29, 1.82) is 0 Å². The number of carboxylic acid groups (broad SMARTS) is 1. The summed E-state index contributed by atoms with van der Waals surface area (Å²) in [5.74, 6) is 2.36. The molecule has 710 valence electrons. The molecule has 0 spiro atoms. The van der Waals surface area contributed by atoms with Crippen LogP contribution in [0.25, 0.3) is 22.7 Å². The van der Waals surface area contributed by atoms with Crippen molar-refractivity contribution >= 4 is 104 Å². The molecule has 0 aliphatic carbocycles. The van der Waals surface area contributed by atoms with E-state index >= 15 is 0 Å². The maximum atomic E-state index is 12.7. The SMILES string of the molecule is CCOC(=O)CBr.CCOC(=O)COc1ccc(SCCc2nn(-c3ccc(C(F)(F)F)cc3)nc2C)cc1C.Cc1cc(S)ccc1O.Cc1cc(SCCc2nn(-c3ccc(C(F)(F)F)cc3)nc2C)ccc1O.Cc1cc(SCCc2nn(-c3ccc(C(F)(F)F)cc3)nc2C)ccc1OCC(=O)O.Cc1nn(-c2ccc(C(F)(F)F)cc2)nc1CCBr.O=CO[O-].[Cs+].[Cs+].[H-].[H-].[Li+].[Na+].[OH-]. The minimum Gasteiger partial charge on any atom is -1.00 e. The van der Waals surface area contributed by atoms with Crippen molar-refractivity contribution < 1.29 is 311 Å². The van der Waals surface area contributed by atoms with Gasteiger partial charge in [-0.2, -0.15) is 113 Å². The van der Waals surface area contributed by atoms with Gasteiger partial charge in [0.2, 0.25) is 0 Å². The predicted octanol–water partition coefficient (Wildman–Crippen LogP) is 7.79. The Kier molecular flexibility index (Phi) is 59.9. The second-order valence-corrected chi connectivity index (χ2v) is 32.6. The fraction of sp³-hybridized carbons (Fsp3) is 0.310. The molecular formula is C87H92Br2Cs2F12LiN12NaO14S4. The monoisotopic (exact) mass is 2340 g/mol. The molecule has 4 aromatic heterocycles. The van der Waals surface area contributed by atoms with Gasteiger partial charge in [-0.15, -0.1) is 47.9 Å². The molecule has 12 rings (SSSR count). The van der Waals surface area contributed by atoms with Gasteiger partial charge >= 0.3 is 229 Å². The first-order chi connectivity index (χ1) is 61.4. The van der Waals surface area contributed by atoms with Crippen molar-refractivity contribution in [3.05, 3.63) is 260 Å². The molecule has 0 saturated heterocycles. The number of alkyl halides is 14. The molecule has 0 radical (unpaired) electrons. The quantitative estimate of drug-likeness (QED) is 0.00418. The largest absolute Gasteiger partial charge is 1.00 e. The number of nitrogens with zero attached hydrogens (tertiary/aromatic N) is 12. The van der Waals surface area contributed by atoms with E-state index in [-0.39, 0.29) is 226 Å². The average Bonchev–Trinajstić information content (AvgIpc) is 1.74. The number of aromatic nitrogens is 12. The van der Waals surface area contributed by atoms with Gasteiger partial charge in [-0.05, 0) is 261 Å². The second kappa shape index (κ2) is 63.4. The molecule has 4 N–H and O–H groups in total. The Morgan fingerprint density at radius 1 is 0.437 bits per heavy atom. The van der Waals surface area contributed by atoms with E-state index in [1.54, 1.807) is 73.4 Å². The van der Waals surface area contributed by atoms with E-state index in [4.69, 9.17) is 34.5 Å². The zero-order chi connectivity index (χ0) is 96.2. The van der Waals surface area contributed by atoms with Gasteiger partial charge < -0.3 is 52.7 Å². The van der Waals surface area contributed by atoms with Crippen LogP contribution in [-0.4, -0.2) is 159 Å². The fourth-order valence-electron chi connectivity index (χ4n) is 10.8. The molecule has 8 aromatic carbocycles. The number of esters is 2. The molecule has 0 aliphatic heterocycles. The Morgan fingerprint density at radius 3 is 0.956 bits per heavy atom. The van der Waals surface area contributed by atoms with Crippen molar-refractivity contribution in [2.24, 2.45) is 0 Å². The van der Waals surface area contributed by atoms with Gasteiger partial charge in [0.15, 0.2) is 13.2 Å². The third-order valence-corrected chi connectivity index (χ3v) is 21.6. The number of carbonyl (C=O) groups excluding carboxylic acids is 3. The van der Waals surface area contributed by atoms with E-state index in [9.17, 15) is 72.2 Å². The van der Waals surface area contributed by atoms with Crippen molar-refractivity contribution in [1.82, 2.24) is 60.0 Å². The third kappa shape index (κ3) is 44.7. The number of phenolic OH excluding ortho intramolecular Hbond substituents is 2. The number of carboxylic acids is 1. The van der Waals surface area contributed by atoms with Crippen molar-refractivity contribution in [2.45, 2.75) is 139 Å². The number of carbonyl (C=O) groups is 4. The summed E-state index contributed by atoms with van der Waals surface area (Å²) in [5, 5.41) is 71.4. The molecule has 4 heterocycles. The Bertz CT molecular complexity index is 5670. The smallest absolute Gasteiger partial charge is 1.00 e. The van der Waals surface area contributed by atoms with Crippen LogP contribution in [0.3, 0.4) is 0 Å². The summed E-state index contributed by atoms with van der Waals surface area (Å²) < 4.78 is 172. The molecule has 0 aliphatic rings. The molecular weight excluding hydrogens is 2250 g/mol. The Balaban J connectivity index is 0. The number of thioether (sulfide) groups is 3. The maximum Gasteiger partial charge on any atom is 1.00 e.